The number of nitrogens with one attached hydrogen (secondary N) is 1. The summed E-state index contributed by atoms with van der Waals surface area (Å²) in [4.78, 5) is 25.8. The number of hydrogen-bond acceptors (Lipinski definition) is 2. The fourth-order valence-electron chi connectivity index (χ4n) is 2.85. The first-order valence-electron chi connectivity index (χ1n) is 7.17. The lowest BCUT2D eigenvalue weighted by molar-refractivity contribution is -0.115. The van der Waals surface area contributed by atoms with Gasteiger partial charge in [-0.15, -0.1) is 0 Å². The molecule has 106 valence electrons. The Labute approximate surface area is 119 Å². The van der Waals surface area contributed by atoms with E-state index in [0.29, 0.717) is 17.4 Å². The van der Waals surface area contributed by atoms with E-state index in [-0.39, 0.29) is 11.8 Å². The number of piperidine rings is 1. The van der Waals surface area contributed by atoms with E-state index >= 15 is 0 Å². The van der Waals surface area contributed by atoms with Crippen LogP contribution in [0.4, 0.5) is 5.69 Å². The van der Waals surface area contributed by atoms with Crippen LogP contribution in [0.1, 0.15) is 42.6 Å². The number of nitrogens with zero attached hydrogens (tertiary/aromatic N) is 1. The second-order valence-corrected chi connectivity index (χ2v) is 6.55. The number of likely N-dealkylation sites (tertiary alicyclic amines) is 1. The summed E-state index contributed by atoms with van der Waals surface area (Å²) >= 11 is 0. The third kappa shape index (κ3) is 2.42. The van der Waals surface area contributed by atoms with E-state index in [2.05, 4.69) is 19.2 Å². The number of carbonyl (C=O) groups is 2. The number of anilines is 1. The zero-order chi connectivity index (χ0) is 14.3. The van der Waals surface area contributed by atoms with Gasteiger partial charge in [0, 0.05) is 24.3 Å². The van der Waals surface area contributed by atoms with Crippen molar-refractivity contribution in [3.05, 3.63) is 29.3 Å². The van der Waals surface area contributed by atoms with Crippen molar-refractivity contribution < 1.29 is 9.59 Å². The summed E-state index contributed by atoms with van der Waals surface area (Å²) in [5.41, 5.74) is 2.78. The highest BCUT2D eigenvalue weighted by molar-refractivity contribution is 6.02. The van der Waals surface area contributed by atoms with Crippen LogP contribution in [-0.4, -0.2) is 29.8 Å². The molecule has 2 aliphatic heterocycles. The van der Waals surface area contributed by atoms with Crippen molar-refractivity contribution in [3.63, 3.8) is 0 Å². The molecule has 3 rings (SSSR count). The fraction of sp³-hybridized carbons (Fsp3) is 0.500. The molecule has 0 aliphatic carbocycles. The molecular formula is C16H20N2O2. The van der Waals surface area contributed by atoms with E-state index in [1.165, 1.54) is 0 Å². The average Bonchev–Trinajstić information content (AvgIpc) is 2.77. The van der Waals surface area contributed by atoms with Crippen molar-refractivity contribution in [2.75, 3.05) is 18.4 Å². The van der Waals surface area contributed by atoms with Crippen LogP contribution in [0.2, 0.25) is 0 Å². The minimum Gasteiger partial charge on any atom is -0.339 e. The molecular weight excluding hydrogens is 252 g/mol. The molecule has 2 aliphatic rings. The van der Waals surface area contributed by atoms with Gasteiger partial charge in [-0.05, 0) is 36.0 Å². The molecule has 4 heteroatoms. The highest BCUT2D eigenvalue weighted by Gasteiger charge is 2.29. The van der Waals surface area contributed by atoms with Gasteiger partial charge in [-0.2, -0.15) is 0 Å². The molecule has 1 aromatic rings. The molecule has 2 amide bonds. The standard InChI is InChI=1S/C16H20N2O2/c1-16(2)5-7-18(8-6-16)15(20)12-4-3-11-10-14(19)17-13(11)9-12/h3-4,9H,5-8,10H2,1-2H3,(H,17,19). The van der Waals surface area contributed by atoms with Gasteiger partial charge < -0.3 is 10.2 Å². The molecule has 4 nitrogen and oxygen atoms in total. The summed E-state index contributed by atoms with van der Waals surface area (Å²) in [5.74, 6) is 0.0776. The Kier molecular flexibility index (Phi) is 3.04. The Balaban J connectivity index is 1.75. The van der Waals surface area contributed by atoms with Gasteiger partial charge in [0.15, 0.2) is 0 Å². The summed E-state index contributed by atoms with van der Waals surface area (Å²) in [6.07, 6.45) is 2.50. The minimum absolute atomic E-state index is 0.00400. The average molecular weight is 272 g/mol. The van der Waals surface area contributed by atoms with Crippen molar-refractivity contribution in [3.8, 4) is 0 Å². The Bertz CT molecular complexity index is 568. The minimum atomic E-state index is 0.00400. The van der Waals surface area contributed by atoms with E-state index in [0.717, 1.165) is 37.2 Å². The quantitative estimate of drug-likeness (QED) is 0.853. The van der Waals surface area contributed by atoms with E-state index in [4.69, 9.17) is 0 Å². The Morgan fingerprint density at radius 2 is 1.95 bits per heavy atom. The lowest BCUT2D eigenvalue weighted by Gasteiger charge is -2.37. The van der Waals surface area contributed by atoms with E-state index in [1.54, 1.807) is 0 Å². The lowest BCUT2D eigenvalue weighted by Crippen LogP contribution is -2.41. The predicted molar refractivity (Wildman–Crippen MR) is 77.7 cm³/mol. The molecule has 0 radical (unpaired) electrons. The first kappa shape index (κ1) is 13.2. The third-order valence-corrected chi connectivity index (χ3v) is 4.39. The van der Waals surface area contributed by atoms with Crippen molar-refractivity contribution >= 4 is 17.5 Å². The van der Waals surface area contributed by atoms with Crippen LogP contribution >= 0.6 is 0 Å². The largest absolute Gasteiger partial charge is 0.339 e. The maximum atomic E-state index is 12.5. The molecule has 0 aromatic heterocycles. The van der Waals surface area contributed by atoms with Gasteiger partial charge in [-0.25, -0.2) is 0 Å². The van der Waals surface area contributed by atoms with Gasteiger partial charge in [-0.3, -0.25) is 9.59 Å². The third-order valence-electron chi connectivity index (χ3n) is 4.39. The first-order valence-corrected chi connectivity index (χ1v) is 7.17. The van der Waals surface area contributed by atoms with Gasteiger partial charge in [0.1, 0.15) is 0 Å². The smallest absolute Gasteiger partial charge is 0.253 e. The van der Waals surface area contributed by atoms with Crippen LogP contribution in [0.25, 0.3) is 0 Å². The van der Waals surface area contributed by atoms with Gasteiger partial charge in [-0.1, -0.05) is 19.9 Å². The normalized spacial score (nSPS) is 20.5. The highest BCUT2D eigenvalue weighted by atomic mass is 16.2. The van der Waals surface area contributed by atoms with Crippen LogP contribution in [-0.2, 0) is 11.2 Å². The zero-order valence-electron chi connectivity index (χ0n) is 12.0. The van der Waals surface area contributed by atoms with Crippen LogP contribution in [0.15, 0.2) is 18.2 Å². The first-order chi connectivity index (χ1) is 9.44. The molecule has 1 saturated heterocycles. The summed E-state index contributed by atoms with van der Waals surface area (Å²) in [6, 6.07) is 5.53. The highest BCUT2D eigenvalue weighted by Crippen LogP contribution is 2.31. The molecule has 20 heavy (non-hydrogen) atoms. The topological polar surface area (TPSA) is 49.4 Å². The Hall–Kier alpha value is -1.84. The maximum Gasteiger partial charge on any atom is 0.253 e. The number of rotatable bonds is 1. The van der Waals surface area contributed by atoms with Gasteiger partial charge >= 0.3 is 0 Å². The van der Waals surface area contributed by atoms with Crippen LogP contribution in [0.3, 0.4) is 0 Å². The number of fused-ring (bicyclic) bond motifs is 1. The van der Waals surface area contributed by atoms with Crippen LogP contribution in [0, 0.1) is 5.41 Å². The number of amides is 2. The maximum absolute atomic E-state index is 12.5. The molecule has 0 spiro atoms. The van der Waals surface area contributed by atoms with E-state index in [9.17, 15) is 9.59 Å². The molecule has 1 fully saturated rings. The molecule has 0 saturated carbocycles. The summed E-state index contributed by atoms with van der Waals surface area (Å²) < 4.78 is 0. The molecule has 2 heterocycles. The summed E-state index contributed by atoms with van der Waals surface area (Å²) in [5, 5.41) is 2.80. The zero-order valence-corrected chi connectivity index (χ0v) is 12.0. The molecule has 1 aromatic carbocycles. The van der Waals surface area contributed by atoms with Crippen LogP contribution < -0.4 is 5.32 Å². The van der Waals surface area contributed by atoms with Gasteiger partial charge in [0.2, 0.25) is 5.91 Å². The second-order valence-electron chi connectivity index (χ2n) is 6.55. The molecule has 0 bridgehead atoms. The fourth-order valence-corrected chi connectivity index (χ4v) is 2.85. The van der Waals surface area contributed by atoms with E-state index < -0.39 is 0 Å². The van der Waals surface area contributed by atoms with Gasteiger partial charge in [0.25, 0.3) is 5.91 Å². The number of benzene rings is 1. The summed E-state index contributed by atoms with van der Waals surface area (Å²) in [7, 11) is 0. The van der Waals surface area contributed by atoms with Crippen molar-refractivity contribution in [1.29, 1.82) is 0 Å². The SMILES string of the molecule is CC1(C)CCN(C(=O)c2ccc3c(c2)NC(=O)C3)CC1. The monoisotopic (exact) mass is 272 g/mol. The molecule has 0 atom stereocenters. The molecule has 1 N–H and O–H groups in total. The van der Waals surface area contributed by atoms with Crippen molar-refractivity contribution in [1.82, 2.24) is 4.90 Å². The van der Waals surface area contributed by atoms with Crippen molar-refractivity contribution in [2.45, 2.75) is 33.1 Å². The Morgan fingerprint density at radius 1 is 1.25 bits per heavy atom. The second kappa shape index (κ2) is 4.62. The lowest BCUT2D eigenvalue weighted by atomic mass is 9.82. The summed E-state index contributed by atoms with van der Waals surface area (Å²) in [6.45, 7) is 6.13. The molecule has 0 unspecified atom stereocenters. The van der Waals surface area contributed by atoms with E-state index in [1.807, 2.05) is 23.1 Å². The van der Waals surface area contributed by atoms with Crippen molar-refractivity contribution in [2.24, 2.45) is 5.41 Å². The number of hydrogen-bond donors (Lipinski definition) is 1. The van der Waals surface area contributed by atoms with Crippen LogP contribution in [0.5, 0.6) is 0 Å². The number of carbonyl (C=O) groups excluding carboxylic acids is 2. The van der Waals surface area contributed by atoms with Gasteiger partial charge in [0.05, 0.1) is 6.42 Å². The Morgan fingerprint density at radius 3 is 2.65 bits per heavy atom. The predicted octanol–water partition coefficient (Wildman–Crippen LogP) is 2.44.